The van der Waals surface area contributed by atoms with E-state index in [4.69, 9.17) is 21.7 Å². The Balaban J connectivity index is 1.35. The van der Waals surface area contributed by atoms with Crippen molar-refractivity contribution in [1.29, 1.82) is 5.41 Å². The highest BCUT2D eigenvalue weighted by atomic mass is 35.5. The molecule has 0 spiro atoms. The fourth-order valence-electron chi connectivity index (χ4n) is 2.98. The minimum Gasteiger partial charge on any atom is -0.485 e. The molecular formula is C19H20ClFN4O2. The highest BCUT2D eigenvalue weighted by Crippen LogP contribution is 2.42. The molecule has 4 rings (SSSR count). The van der Waals surface area contributed by atoms with Gasteiger partial charge in [-0.3, -0.25) is 9.89 Å². The molecule has 6 nitrogen and oxygen atoms in total. The molecule has 2 aromatic rings. The van der Waals surface area contributed by atoms with Gasteiger partial charge < -0.3 is 15.5 Å². The molecule has 1 aliphatic heterocycles. The van der Waals surface area contributed by atoms with Gasteiger partial charge in [-0.15, -0.1) is 0 Å². The van der Waals surface area contributed by atoms with Crippen LogP contribution in [0.25, 0.3) is 0 Å². The van der Waals surface area contributed by atoms with Gasteiger partial charge in [-0.25, -0.2) is 4.39 Å². The predicted octanol–water partition coefficient (Wildman–Crippen LogP) is 3.27. The second-order valence-electron chi connectivity index (χ2n) is 7.04. The van der Waals surface area contributed by atoms with E-state index < -0.39 is 11.6 Å². The second kappa shape index (κ2) is 7.40. The number of aryl methyl sites for hydroxylation is 1. The van der Waals surface area contributed by atoms with E-state index >= 15 is 0 Å². The summed E-state index contributed by atoms with van der Waals surface area (Å²) in [5, 5.41) is 18.2. The first-order valence-electron chi connectivity index (χ1n) is 9.04. The number of Topliss-reactive ketones (excluding diaryl/α,β-unsaturated/α-hetero) is 1. The molecule has 1 saturated carbocycles. The van der Waals surface area contributed by atoms with Gasteiger partial charge in [0.2, 0.25) is 5.78 Å². The van der Waals surface area contributed by atoms with Crippen LogP contribution in [-0.2, 0) is 6.42 Å². The van der Waals surface area contributed by atoms with Gasteiger partial charge in [0.05, 0.1) is 16.4 Å². The summed E-state index contributed by atoms with van der Waals surface area (Å²) in [4.78, 5) is 12.4. The van der Waals surface area contributed by atoms with E-state index in [1.54, 1.807) is 12.1 Å². The van der Waals surface area contributed by atoms with E-state index in [1.807, 2.05) is 0 Å². The third kappa shape index (κ3) is 3.89. The molecule has 142 valence electrons. The zero-order chi connectivity index (χ0) is 19.0. The number of hydrogen-bond donors (Lipinski definition) is 3. The molecular weight excluding hydrogens is 371 g/mol. The van der Waals surface area contributed by atoms with Crippen molar-refractivity contribution in [2.24, 2.45) is 0 Å². The number of nitrogens with zero attached hydrogens (tertiary/aromatic N) is 1. The minimum absolute atomic E-state index is 0.00952. The van der Waals surface area contributed by atoms with E-state index in [2.05, 4.69) is 15.5 Å². The number of ether oxygens (including phenoxy) is 1. The summed E-state index contributed by atoms with van der Waals surface area (Å²) >= 11 is 6.23. The Morgan fingerprint density at radius 1 is 1.37 bits per heavy atom. The van der Waals surface area contributed by atoms with Crippen molar-refractivity contribution in [3.8, 4) is 5.75 Å². The quantitative estimate of drug-likeness (QED) is 0.476. The van der Waals surface area contributed by atoms with Gasteiger partial charge in [-0.1, -0.05) is 17.7 Å². The predicted molar refractivity (Wildman–Crippen MR) is 99.6 cm³/mol. The summed E-state index contributed by atoms with van der Waals surface area (Å²) in [6.07, 6.45) is 2.65. The van der Waals surface area contributed by atoms with Crippen LogP contribution in [0, 0.1) is 11.2 Å². The van der Waals surface area contributed by atoms with Crippen LogP contribution >= 0.6 is 11.6 Å². The number of nitrogens with one attached hydrogen (secondary N) is 3. The molecule has 2 fully saturated rings. The lowest BCUT2D eigenvalue weighted by atomic mass is 10.0. The van der Waals surface area contributed by atoms with E-state index in [9.17, 15) is 9.18 Å². The monoisotopic (exact) mass is 390 g/mol. The molecule has 1 aliphatic carbocycles. The Labute approximate surface area is 161 Å². The standard InChI is InChI=1S/C19H20ClFN4O2/c20-16-17(11-3-4-11)24-25-18(16)19(26)14(22)5-1-10-2-6-15(13(21)7-10)27-12-8-23-9-12/h2,6-7,11-12,22-23H,1,3-5,8-9H2,(H,24,25). The highest BCUT2D eigenvalue weighted by molar-refractivity contribution is 6.48. The number of aromatic amines is 1. The van der Waals surface area contributed by atoms with Crippen LogP contribution in [0.5, 0.6) is 5.75 Å². The summed E-state index contributed by atoms with van der Waals surface area (Å²) in [5.41, 5.74) is 1.50. The zero-order valence-corrected chi connectivity index (χ0v) is 15.4. The fraction of sp³-hybridized carbons (Fsp3) is 0.421. The van der Waals surface area contributed by atoms with Gasteiger partial charge in [0.25, 0.3) is 0 Å². The normalized spacial score (nSPS) is 16.8. The lowest BCUT2D eigenvalue weighted by Gasteiger charge is -2.28. The molecule has 2 aliphatic rings. The lowest BCUT2D eigenvalue weighted by Crippen LogP contribution is -2.50. The third-order valence-corrected chi connectivity index (χ3v) is 5.29. The van der Waals surface area contributed by atoms with Crippen LogP contribution in [0.1, 0.15) is 46.9 Å². The van der Waals surface area contributed by atoms with Crippen LogP contribution in [0.3, 0.4) is 0 Å². The molecule has 0 atom stereocenters. The largest absolute Gasteiger partial charge is 0.485 e. The molecule has 2 heterocycles. The van der Waals surface area contributed by atoms with E-state index in [-0.39, 0.29) is 29.7 Å². The average molecular weight is 391 g/mol. The Bertz CT molecular complexity index is 890. The summed E-state index contributed by atoms with van der Waals surface area (Å²) in [6, 6.07) is 4.75. The molecule has 1 saturated heterocycles. The topological polar surface area (TPSA) is 90.9 Å². The Hall–Kier alpha value is -2.25. The first-order chi connectivity index (χ1) is 13.0. The van der Waals surface area contributed by atoms with Gasteiger partial charge in [0.15, 0.2) is 17.3 Å². The maximum Gasteiger partial charge on any atom is 0.228 e. The lowest BCUT2D eigenvalue weighted by molar-refractivity contribution is 0.105. The Morgan fingerprint density at radius 3 is 2.78 bits per heavy atom. The van der Waals surface area contributed by atoms with Crippen molar-refractivity contribution >= 4 is 23.1 Å². The van der Waals surface area contributed by atoms with E-state index in [0.717, 1.165) is 31.6 Å². The summed E-state index contributed by atoms with van der Waals surface area (Å²) in [6.45, 7) is 1.44. The number of aromatic nitrogens is 2. The molecule has 1 aromatic carbocycles. The third-order valence-electron chi connectivity index (χ3n) is 4.90. The Morgan fingerprint density at radius 2 is 2.15 bits per heavy atom. The van der Waals surface area contributed by atoms with Crippen molar-refractivity contribution < 1.29 is 13.9 Å². The van der Waals surface area contributed by atoms with Crippen LogP contribution < -0.4 is 10.1 Å². The number of benzene rings is 1. The van der Waals surface area contributed by atoms with Crippen molar-refractivity contribution in [3.05, 3.63) is 46.0 Å². The Kier molecular flexibility index (Phi) is 4.97. The number of halogens is 2. The second-order valence-corrected chi connectivity index (χ2v) is 7.42. The van der Waals surface area contributed by atoms with E-state index in [0.29, 0.717) is 22.9 Å². The minimum atomic E-state index is -0.485. The maximum atomic E-state index is 14.2. The van der Waals surface area contributed by atoms with Crippen molar-refractivity contribution in [2.75, 3.05) is 13.1 Å². The summed E-state index contributed by atoms with van der Waals surface area (Å²) < 4.78 is 19.7. The number of carbonyl (C=O) groups excluding carboxylic acids is 1. The first kappa shape index (κ1) is 18.1. The molecule has 27 heavy (non-hydrogen) atoms. The number of H-pyrrole nitrogens is 1. The van der Waals surface area contributed by atoms with Gasteiger partial charge in [-0.05, 0) is 43.4 Å². The summed E-state index contributed by atoms with van der Waals surface area (Å²) in [5.74, 6) is -0.338. The summed E-state index contributed by atoms with van der Waals surface area (Å²) in [7, 11) is 0. The smallest absolute Gasteiger partial charge is 0.228 e. The van der Waals surface area contributed by atoms with Gasteiger partial charge in [0, 0.05) is 19.0 Å². The zero-order valence-electron chi connectivity index (χ0n) is 14.6. The number of rotatable bonds is 8. The molecule has 8 heteroatoms. The molecule has 0 amide bonds. The number of ketones is 1. The van der Waals surface area contributed by atoms with Crippen molar-refractivity contribution in [1.82, 2.24) is 15.5 Å². The number of carbonyl (C=O) groups is 1. The van der Waals surface area contributed by atoms with Gasteiger partial charge >= 0.3 is 0 Å². The highest BCUT2D eigenvalue weighted by Gasteiger charge is 2.31. The molecule has 0 radical (unpaired) electrons. The van der Waals surface area contributed by atoms with Gasteiger partial charge in [-0.2, -0.15) is 5.10 Å². The molecule has 0 unspecified atom stereocenters. The van der Waals surface area contributed by atoms with Crippen LogP contribution in [0.4, 0.5) is 4.39 Å². The van der Waals surface area contributed by atoms with Crippen LogP contribution in [0.15, 0.2) is 18.2 Å². The fourth-order valence-corrected chi connectivity index (χ4v) is 3.31. The average Bonchev–Trinajstić information content (AvgIpc) is 3.39. The SMILES string of the molecule is N=C(CCc1ccc(OC2CNC2)c(F)c1)C(=O)c1n[nH]c(C2CC2)c1Cl. The van der Waals surface area contributed by atoms with Crippen LogP contribution in [-0.4, -0.2) is 40.9 Å². The molecule has 3 N–H and O–H groups in total. The van der Waals surface area contributed by atoms with Gasteiger partial charge in [0.1, 0.15) is 6.10 Å². The number of hydrogen-bond acceptors (Lipinski definition) is 5. The maximum absolute atomic E-state index is 14.2. The van der Waals surface area contributed by atoms with Crippen LogP contribution in [0.2, 0.25) is 5.02 Å². The van der Waals surface area contributed by atoms with Crippen molar-refractivity contribution in [3.63, 3.8) is 0 Å². The molecule has 1 aromatic heterocycles. The molecule has 0 bridgehead atoms. The van der Waals surface area contributed by atoms with E-state index in [1.165, 1.54) is 6.07 Å². The van der Waals surface area contributed by atoms with Crippen molar-refractivity contribution in [2.45, 2.75) is 37.7 Å². The first-order valence-corrected chi connectivity index (χ1v) is 9.42.